The summed E-state index contributed by atoms with van der Waals surface area (Å²) >= 11 is 0. The molecule has 1 amide bonds. The van der Waals surface area contributed by atoms with E-state index in [1.54, 1.807) is 19.1 Å². The van der Waals surface area contributed by atoms with E-state index in [0.29, 0.717) is 5.56 Å². The topological polar surface area (TPSA) is 69.2 Å². The second-order valence-electron chi connectivity index (χ2n) is 2.97. The Labute approximate surface area is 81.6 Å². The lowest BCUT2D eigenvalue weighted by Crippen LogP contribution is -2.25. The van der Waals surface area contributed by atoms with E-state index in [2.05, 4.69) is 5.32 Å². The zero-order chi connectivity index (χ0) is 10.7. The number of amides is 1. The normalized spacial score (nSPS) is 9.57. The number of hydrogen-bond donors (Lipinski definition) is 1. The van der Waals surface area contributed by atoms with Crippen molar-refractivity contribution in [2.75, 3.05) is 5.32 Å². The minimum atomic E-state index is -1.29. The molecule has 0 fully saturated rings. The number of hydrogen-bond acceptors (Lipinski definition) is 3. The van der Waals surface area contributed by atoms with E-state index in [1.807, 2.05) is 0 Å². The lowest BCUT2D eigenvalue weighted by atomic mass is 10.1. The molecule has 1 N–H and O–H groups in total. The van der Waals surface area contributed by atoms with Gasteiger partial charge in [-0.25, -0.2) is 0 Å². The maximum Gasteiger partial charge on any atom is 0.221 e. The minimum Gasteiger partial charge on any atom is -0.545 e. The highest BCUT2D eigenvalue weighted by Crippen LogP contribution is 2.18. The van der Waals surface area contributed by atoms with Crippen LogP contribution in [0.1, 0.15) is 22.8 Å². The van der Waals surface area contributed by atoms with Gasteiger partial charge in [0.15, 0.2) is 0 Å². The van der Waals surface area contributed by atoms with Gasteiger partial charge in [-0.15, -0.1) is 0 Å². The number of anilines is 1. The van der Waals surface area contributed by atoms with E-state index >= 15 is 0 Å². The van der Waals surface area contributed by atoms with Crippen LogP contribution in [0.15, 0.2) is 18.2 Å². The minimum absolute atomic E-state index is 0.0303. The van der Waals surface area contributed by atoms with Crippen LogP contribution in [-0.2, 0) is 4.79 Å². The molecule has 0 bridgehead atoms. The van der Waals surface area contributed by atoms with E-state index in [1.165, 1.54) is 13.0 Å². The van der Waals surface area contributed by atoms with Gasteiger partial charge >= 0.3 is 0 Å². The van der Waals surface area contributed by atoms with Gasteiger partial charge in [-0.2, -0.15) is 0 Å². The fraction of sp³-hybridized carbons (Fsp3) is 0.200. The van der Waals surface area contributed by atoms with Gasteiger partial charge in [0.05, 0.1) is 11.7 Å². The molecule has 0 saturated heterocycles. The van der Waals surface area contributed by atoms with Crippen LogP contribution in [-0.4, -0.2) is 11.9 Å². The van der Waals surface area contributed by atoms with Gasteiger partial charge < -0.3 is 15.2 Å². The van der Waals surface area contributed by atoms with Crippen LogP contribution in [0.2, 0.25) is 0 Å². The highest BCUT2D eigenvalue weighted by molar-refractivity contribution is 6.00. The molecule has 0 heterocycles. The summed E-state index contributed by atoms with van der Waals surface area (Å²) in [5.41, 5.74) is 0.872. The van der Waals surface area contributed by atoms with Crippen LogP contribution in [0.25, 0.3) is 0 Å². The highest BCUT2D eigenvalue weighted by atomic mass is 16.4. The van der Waals surface area contributed by atoms with Crippen molar-refractivity contribution in [1.29, 1.82) is 0 Å². The highest BCUT2D eigenvalue weighted by Gasteiger charge is 2.06. The van der Waals surface area contributed by atoms with E-state index in [9.17, 15) is 14.7 Å². The lowest BCUT2D eigenvalue weighted by Gasteiger charge is -2.12. The van der Waals surface area contributed by atoms with Gasteiger partial charge in [-0.05, 0) is 18.6 Å². The van der Waals surface area contributed by atoms with Crippen molar-refractivity contribution in [1.82, 2.24) is 0 Å². The third kappa shape index (κ3) is 2.10. The Morgan fingerprint density at radius 3 is 2.50 bits per heavy atom. The summed E-state index contributed by atoms with van der Waals surface area (Å²) in [6.07, 6.45) is 0. The molecule has 14 heavy (non-hydrogen) atoms. The van der Waals surface area contributed by atoms with Crippen LogP contribution in [0.5, 0.6) is 0 Å². The Hall–Kier alpha value is -1.84. The molecule has 0 aromatic heterocycles. The quantitative estimate of drug-likeness (QED) is 0.733. The molecule has 0 atom stereocenters. The van der Waals surface area contributed by atoms with E-state index < -0.39 is 5.97 Å². The molecular weight excluding hydrogens is 182 g/mol. The van der Waals surface area contributed by atoms with Crippen molar-refractivity contribution < 1.29 is 14.7 Å². The summed E-state index contributed by atoms with van der Waals surface area (Å²) < 4.78 is 0. The maximum atomic E-state index is 10.8. The van der Waals surface area contributed by atoms with Crippen LogP contribution < -0.4 is 10.4 Å². The first-order chi connectivity index (χ1) is 6.52. The van der Waals surface area contributed by atoms with E-state index in [4.69, 9.17) is 0 Å². The van der Waals surface area contributed by atoms with Crippen LogP contribution >= 0.6 is 0 Å². The lowest BCUT2D eigenvalue weighted by molar-refractivity contribution is -0.254. The predicted molar refractivity (Wildman–Crippen MR) is 49.8 cm³/mol. The van der Waals surface area contributed by atoms with Crippen molar-refractivity contribution in [2.45, 2.75) is 13.8 Å². The first-order valence-electron chi connectivity index (χ1n) is 4.11. The van der Waals surface area contributed by atoms with Crippen molar-refractivity contribution in [3.05, 3.63) is 29.3 Å². The maximum absolute atomic E-state index is 10.8. The smallest absolute Gasteiger partial charge is 0.221 e. The number of carbonyl (C=O) groups excluding carboxylic acids is 2. The number of carbonyl (C=O) groups is 2. The molecule has 4 heteroatoms. The molecule has 0 spiro atoms. The number of aryl methyl sites for hydroxylation is 1. The molecule has 0 unspecified atom stereocenters. The van der Waals surface area contributed by atoms with Crippen LogP contribution in [0.3, 0.4) is 0 Å². The van der Waals surface area contributed by atoms with Gasteiger partial charge in [0.1, 0.15) is 0 Å². The average Bonchev–Trinajstić information content (AvgIpc) is 2.01. The Morgan fingerprint density at radius 1 is 1.36 bits per heavy atom. The van der Waals surface area contributed by atoms with Crippen molar-refractivity contribution >= 4 is 17.6 Å². The Bertz CT molecular complexity index is 385. The van der Waals surface area contributed by atoms with Gasteiger partial charge in [-0.3, -0.25) is 4.79 Å². The number of carboxylic acid groups (broad SMARTS) is 1. The summed E-state index contributed by atoms with van der Waals surface area (Å²) in [7, 11) is 0. The van der Waals surface area contributed by atoms with E-state index in [0.717, 1.165) is 0 Å². The largest absolute Gasteiger partial charge is 0.545 e. The Kier molecular flexibility index (Phi) is 2.86. The second kappa shape index (κ2) is 3.91. The molecule has 4 nitrogen and oxygen atoms in total. The number of benzene rings is 1. The molecule has 0 radical (unpaired) electrons. The first-order valence-corrected chi connectivity index (χ1v) is 4.11. The summed E-state index contributed by atoms with van der Waals surface area (Å²) in [5.74, 6) is -1.59. The second-order valence-corrected chi connectivity index (χ2v) is 2.97. The zero-order valence-corrected chi connectivity index (χ0v) is 7.96. The number of rotatable bonds is 2. The number of aromatic carboxylic acids is 1. The molecule has 0 aliphatic heterocycles. The molecule has 1 aromatic rings. The van der Waals surface area contributed by atoms with Crippen molar-refractivity contribution in [3.63, 3.8) is 0 Å². The molecule has 1 aromatic carbocycles. The third-order valence-corrected chi connectivity index (χ3v) is 1.79. The molecule has 0 saturated carbocycles. The van der Waals surface area contributed by atoms with E-state index in [-0.39, 0.29) is 17.2 Å². The predicted octanol–water partition coefficient (Wildman–Crippen LogP) is 0.317. The van der Waals surface area contributed by atoms with Gasteiger partial charge in [0.25, 0.3) is 0 Å². The summed E-state index contributed by atoms with van der Waals surface area (Å²) in [4.78, 5) is 21.5. The van der Waals surface area contributed by atoms with Crippen molar-refractivity contribution in [2.24, 2.45) is 0 Å². The van der Waals surface area contributed by atoms with Crippen molar-refractivity contribution in [3.8, 4) is 0 Å². The standard InChI is InChI=1S/C10H11NO3/c1-6-4-3-5-8(11-7(2)12)9(6)10(13)14/h3-5H,1-2H3,(H,11,12)(H,13,14)/p-1. The third-order valence-electron chi connectivity index (χ3n) is 1.79. The van der Waals surface area contributed by atoms with Crippen LogP contribution in [0, 0.1) is 6.92 Å². The molecular formula is C10H10NO3-. The van der Waals surface area contributed by atoms with Gasteiger partial charge in [0.2, 0.25) is 5.91 Å². The molecule has 1 rings (SSSR count). The fourth-order valence-electron chi connectivity index (χ4n) is 1.23. The van der Waals surface area contributed by atoms with Crippen LogP contribution in [0.4, 0.5) is 5.69 Å². The first kappa shape index (κ1) is 10.2. The number of carboxylic acids is 1. The van der Waals surface area contributed by atoms with Gasteiger partial charge in [0, 0.05) is 12.5 Å². The van der Waals surface area contributed by atoms with Gasteiger partial charge in [-0.1, -0.05) is 12.1 Å². The Morgan fingerprint density at radius 2 is 2.00 bits per heavy atom. The Balaban J connectivity index is 3.21. The molecule has 74 valence electrons. The summed E-state index contributed by atoms with van der Waals surface area (Å²) in [5, 5.41) is 13.2. The monoisotopic (exact) mass is 192 g/mol. The molecule has 0 aliphatic carbocycles. The fourth-order valence-corrected chi connectivity index (χ4v) is 1.23. The zero-order valence-electron chi connectivity index (χ0n) is 7.96. The average molecular weight is 192 g/mol. The molecule has 0 aliphatic rings. The SMILES string of the molecule is CC(=O)Nc1cccc(C)c1C(=O)[O-]. The summed E-state index contributed by atoms with van der Waals surface area (Å²) in [6.45, 7) is 2.97. The summed E-state index contributed by atoms with van der Waals surface area (Å²) in [6, 6.07) is 4.85. The number of nitrogens with one attached hydrogen (secondary N) is 1.